The van der Waals surface area contributed by atoms with Crippen LogP contribution in [0.25, 0.3) is 0 Å². The van der Waals surface area contributed by atoms with Gasteiger partial charge in [0.25, 0.3) is 0 Å². The number of benzene rings is 1. The summed E-state index contributed by atoms with van der Waals surface area (Å²) in [5, 5.41) is 10.3. The van der Waals surface area contributed by atoms with Gasteiger partial charge in [-0.2, -0.15) is 0 Å². The van der Waals surface area contributed by atoms with E-state index in [2.05, 4.69) is 0 Å². The van der Waals surface area contributed by atoms with E-state index in [0.29, 0.717) is 11.5 Å². The van der Waals surface area contributed by atoms with Gasteiger partial charge in [-0.3, -0.25) is 0 Å². The first kappa shape index (κ1) is 12.2. The number of hydrogen-bond donors (Lipinski definition) is 1. The zero-order chi connectivity index (χ0) is 12.3. The molecular weight excluding hydrogens is 220 g/mol. The lowest BCUT2D eigenvalue weighted by Gasteiger charge is -2.20. The number of ether oxygens (including phenoxy) is 3. The van der Waals surface area contributed by atoms with Gasteiger partial charge < -0.3 is 19.3 Å². The van der Waals surface area contributed by atoms with E-state index in [0.717, 1.165) is 25.0 Å². The van der Waals surface area contributed by atoms with Crippen LogP contribution in [0, 0.1) is 0 Å². The van der Waals surface area contributed by atoms with E-state index in [1.165, 1.54) is 0 Å². The number of rotatable bonds is 4. The fourth-order valence-corrected chi connectivity index (χ4v) is 2.11. The molecule has 1 N–H and O–H groups in total. The quantitative estimate of drug-likeness (QED) is 0.870. The summed E-state index contributed by atoms with van der Waals surface area (Å²) in [7, 11) is 3.19. The maximum Gasteiger partial charge on any atom is 0.128 e. The molecule has 94 valence electrons. The Morgan fingerprint density at radius 2 is 2.18 bits per heavy atom. The Balaban J connectivity index is 2.23. The smallest absolute Gasteiger partial charge is 0.128 e. The largest absolute Gasteiger partial charge is 0.497 e. The highest BCUT2D eigenvalue weighted by Gasteiger charge is 2.27. The standard InChI is InChI=1S/C13H18O4/c1-15-9-5-6-10(12(8-9)16-2)13(14)11-4-3-7-17-11/h5-6,8,11,13-14H,3-4,7H2,1-2H3. The van der Waals surface area contributed by atoms with E-state index in [9.17, 15) is 5.11 Å². The molecule has 4 nitrogen and oxygen atoms in total. The van der Waals surface area contributed by atoms with Crippen molar-refractivity contribution in [3.63, 3.8) is 0 Å². The van der Waals surface area contributed by atoms with Crippen molar-refractivity contribution in [3.8, 4) is 11.5 Å². The highest BCUT2D eigenvalue weighted by molar-refractivity contribution is 5.42. The van der Waals surface area contributed by atoms with Gasteiger partial charge in [0.1, 0.15) is 17.6 Å². The second-order valence-corrected chi connectivity index (χ2v) is 4.10. The van der Waals surface area contributed by atoms with Crippen molar-refractivity contribution >= 4 is 0 Å². The van der Waals surface area contributed by atoms with Crippen molar-refractivity contribution in [2.24, 2.45) is 0 Å². The van der Waals surface area contributed by atoms with Gasteiger partial charge in [0, 0.05) is 18.2 Å². The molecule has 0 aromatic heterocycles. The highest BCUT2D eigenvalue weighted by Crippen LogP contribution is 2.34. The van der Waals surface area contributed by atoms with E-state index in [4.69, 9.17) is 14.2 Å². The van der Waals surface area contributed by atoms with Crippen molar-refractivity contribution in [2.45, 2.75) is 25.0 Å². The molecule has 2 unspecified atom stereocenters. The molecule has 1 aliphatic rings. The van der Waals surface area contributed by atoms with Gasteiger partial charge in [-0.15, -0.1) is 0 Å². The minimum absolute atomic E-state index is 0.128. The van der Waals surface area contributed by atoms with Crippen LogP contribution in [-0.4, -0.2) is 32.0 Å². The Hall–Kier alpha value is -1.26. The minimum Gasteiger partial charge on any atom is -0.497 e. The molecule has 0 bridgehead atoms. The Morgan fingerprint density at radius 3 is 2.76 bits per heavy atom. The first-order valence-electron chi connectivity index (χ1n) is 5.78. The predicted molar refractivity (Wildman–Crippen MR) is 63.5 cm³/mol. The van der Waals surface area contributed by atoms with Crippen molar-refractivity contribution < 1.29 is 19.3 Å². The molecule has 2 rings (SSSR count). The molecular formula is C13H18O4. The fraction of sp³-hybridized carbons (Fsp3) is 0.538. The molecule has 0 saturated carbocycles. The average Bonchev–Trinajstić information content (AvgIpc) is 2.91. The van der Waals surface area contributed by atoms with Crippen molar-refractivity contribution in [2.75, 3.05) is 20.8 Å². The van der Waals surface area contributed by atoms with Gasteiger partial charge in [-0.05, 0) is 25.0 Å². The average molecular weight is 238 g/mol. The van der Waals surface area contributed by atoms with Gasteiger partial charge in [-0.25, -0.2) is 0 Å². The summed E-state index contributed by atoms with van der Waals surface area (Å²) in [5.74, 6) is 1.34. The molecule has 2 atom stereocenters. The third-order valence-electron chi connectivity index (χ3n) is 3.08. The predicted octanol–water partition coefficient (Wildman–Crippen LogP) is 1.92. The summed E-state index contributed by atoms with van der Waals surface area (Å²) in [6.07, 6.45) is 1.12. The van der Waals surface area contributed by atoms with Crippen LogP contribution in [-0.2, 0) is 4.74 Å². The maximum atomic E-state index is 10.3. The molecule has 1 aliphatic heterocycles. The van der Waals surface area contributed by atoms with Crippen LogP contribution in [0.3, 0.4) is 0 Å². The molecule has 0 spiro atoms. The third-order valence-corrected chi connectivity index (χ3v) is 3.08. The molecule has 1 heterocycles. The van der Waals surface area contributed by atoms with E-state index in [-0.39, 0.29) is 6.10 Å². The van der Waals surface area contributed by atoms with E-state index in [1.54, 1.807) is 20.3 Å². The lowest BCUT2D eigenvalue weighted by atomic mass is 10.0. The number of methoxy groups -OCH3 is 2. The second kappa shape index (κ2) is 5.38. The Morgan fingerprint density at radius 1 is 1.35 bits per heavy atom. The summed E-state index contributed by atoms with van der Waals surface area (Å²) in [6, 6.07) is 5.41. The lowest BCUT2D eigenvalue weighted by molar-refractivity contribution is -0.00365. The van der Waals surface area contributed by atoms with Crippen LogP contribution in [0.15, 0.2) is 18.2 Å². The summed E-state index contributed by atoms with van der Waals surface area (Å²) in [5.41, 5.74) is 0.750. The van der Waals surface area contributed by atoms with E-state index < -0.39 is 6.10 Å². The molecule has 1 fully saturated rings. The zero-order valence-electron chi connectivity index (χ0n) is 10.2. The Labute approximate surface area is 101 Å². The van der Waals surface area contributed by atoms with Crippen LogP contribution >= 0.6 is 0 Å². The normalized spacial score (nSPS) is 21.2. The lowest BCUT2D eigenvalue weighted by Crippen LogP contribution is -2.17. The number of aliphatic hydroxyl groups is 1. The number of aliphatic hydroxyl groups excluding tert-OH is 1. The topological polar surface area (TPSA) is 47.9 Å². The number of hydrogen-bond acceptors (Lipinski definition) is 4. The maximum absolute atomic E-state index is 10.3. The molecule has 4 heteroatoms. The summed E-state index contributed by atoms with van der Waals surface area (Å²) >= 11 is 0. The zero-order valence-corrected chi connectivity index (χ0v) is 10.2. The molecule has 17 heavy (non-hydrogen) atoms. The summed E-state index contributed by atoms with van der Waals surface area (Å²) < 4.78 is 15.9. The highest BCUT2D eigenvalue weighted by atomic mass is 16.5. The Bertz CT molecular complexity index is 372. The molecule has 1 saturated heterocycles. The summed E-state index contributed by atoms with van der Waals surface area (Å²) in [6.45, 7) is 0.722. The molecule has 0 amide bonds. The van der Waals surface area contributed by atoms with Gasteiger partial charge in [-0.1, -0.05) is 0 Å². The third kappa shape index (κ3) is 2.53. The van der Waals surface area contributed by atoms with Crippen LogP contribution in [0.4, 0.5) is 0 Å². The second-order valence-electron chi connectivity index (χ2n) is 4.10. The fourth-order valence-electron chi connectivity index (χ4n) is 2.11. The molecule has 0 radical (unpaired) electrons. The molecule has 1 aromatic rings. The van der Waals surface area contributed by atoms with Crippen molar-refractivity contribution in [3.05, 3.63) is 23.8 Å². The van der Waals surface area contributed by atoms with Crippen LogP contribution in [0.5, 0.6) is 11.5 Å². The molecule has 0 aliphatic carbocycles. The van der Waals surface area contributed by atoms with Crippen molar-refractivity contribution in [1.82, 2.24) is 0 Å². The molecule has 1 aromatic carbocycles. The van der Waals surface area contributed by atoms with Gasteiger partial charge in [0.05, 0.1) is 20.3 Å². The Kier molecular flexibility index (Phi) is 3.86. The van der Waals surface area contributed by atoms with Gasteiger partial charge in [0.2, 0.25) is 0 Å². The minimum atomic E-state index is -0.640. The monoisotopic (exact) mass is 238 g/mol. The van der Waals surface area contributed by atoms with Crippen LogP contribution < -0.4 is 9.47 Å². The first-order valence-corrected chi connectivity index (χ1v) is 5.78. The van der Waals surface area contributed by atoms with Crippen LogP contribution in [0.1, 0.15) is 24.5 Å². The van der Waals surface area contributed by atoms with E-state index in [1.807, 2.05) is 12.1 Å². The van der Waals surface area contributed by atoms with Gasteiger partial charge >= 0.3 is 0 Å². The van der Waals surface area contributed by atoms with Gasteiger partial charge in [0.15, 0.2) is 0 Å². The first-order chi connectivity index (χ1) is 8.26. The van der Waals surface area contributed by atoms with Crippen molar-refractivity contribution in [1.29, 1.82) is 0 Å². The SMILES string of the molecule is COc1ccc(C(O)C2CCCO2)c(OC)c1. The summed E-state index contributed by atoms with van der Waals surface area (Å²) in [4.78, 5) is 0. The van der Waals surface area contributed by atoms with Crippen LogP contribution in [0.2, 0.25) is 0 Å². The van der Waals surface area contributed by atoms with E-state index >= 15 is 0 Å².